The van der Waals surface area contributed by atoms with Crippen LogP contribution in [0, 0.1) is 0 Å². The predicted molar refractivity (Wildman–Crippen MR) is 85.2 cm³/mol. The minimum Gasteiger partial charge on any atom is -0.384 e. The van der Waals surface area contributed by atoms with Gasteiger partial charge in [0, 0.05) is 0 Å². The molecule has 0 aliphatic carbocycles. The second-order valence-electron chi connectivity index (χ2n) is 4.40. The van der Waals surface area contributed by atoms with Gasteiger partial charge in [0.1, 0.15) is 0 Å². The minimum atomic E-state index is -0.557. The van der Waals surface area contributed by atoms with E-state index in [0.717, 1.165) is 5.56 Å². The Bertz CT molecular complexity index is 580. The zero-order valence-electron chi connectivity index (χ0n) is 11.3. The quantitative estimate of drug-likeness (QED) is 0.784. The lowest BCUT2D eigenvalue weighted by Gasteiger charge is -2.03. The molecule has 0 amide bonds. The maximum absolute atomic E-state index is 9.92. The van der Waals surface area contributed by atoms with E-state index in [2.05, 4.69) is 12.1 Å². The molecule has 1 nitrogen and oxygen atoms in total. The van der Waals surface area contributed by atoms with Crippen LogP contribution in [0.4, 0.5) is 0 Å². The molecule has 0 radical (unpaired) electrons. The van der Waals surface area contributed by atoms with Crippen molar-refractivity contribution in [2.24, 2.45) is 0 Å². The standard InChI is InChI=1S/C19H18O/c20-19(18-14-8-4-9-15-18)16-10-2-1-5-11-17-12-6-3-7-13-17/h1-16,19-20H/b2-1+,11-5+,16-10+. The second-order valence-corrected chi connectivity index (χ2v) is 4.40. The highest BCUT2D eigenvalue weighted by Crippen LogP contribution is 2.12. The molecule has 0 saturated carbocycles. The fourth-order valence-electron chi connectivity index (χ4n) is 1.79. The van der Waals surface area contributed by atoms with Crippen molar-refractivity contribution in [1.29, 1.82) is 0 Å². The second kappa shape index (κ2) is 7.93. The Morgan fingerprint density at radius 3 is 2.00 bits per heavy atom. The van der Waals surface area contributed by atoms with Crippen LogP contribution in [0.2, 0.25) is 0 Å². The van der Waals surface area contributed by atoms with E-state index in [1.165, 1.54) is 5.56 Å². The molecule has 0 saturated heterocycles. The van der Waals surface area contributed by atoms with Gasteiger partial charge in [-0.05, 0) is 11.1 Å². The number of allylic oxidation sites excluding steroid dienone is 4. The third-order valence-corrected chi connectivity index (χ3v) is 2.86. The van der Waals surface area contributed by atoms with Crippen LogP contribution in [-0.4, -0.2) is 5.11 Å². The van der Waals surface area contributed by atoms with E-state index >= 15 is 0 Å². The number of aliphatic hydroxyl groups excluding tert-OH is 1. The van der Waals surface area contributed by atoms with Crippen LogP contribution in [0.3, 0.4) is 0 Å². The first-order valence-corrected chi connectivity index (χ1v) is 6.66. The maximum Gasteiger partial charge on any atom is 0.0974 e. The van der Waals surface area contributed by atoms with Crippen molar-refractivity contribution < 1.29 is 5.11 Å². The summed E-state index contributed by atoms with van der Waals surface area (Å²) in [4.78, 5) is 0. The molecule has 2 rings (SSSR count). The first-order chi connectivity index (χ1) is 9.86. The number of hydrogen-bond donors (Lipinski definition) is 1. The molecule has 0 heterocycles. The lowest BCUT2D eigenvalue weighted by atomic mass is 10.1. The Morgan fingerprint density at radius 1 is 0.700 bits per heavy atom. The highest BCUT2D eigenvalue weighted by atomic mass is 16.3. The maximum atomic E-state index is 9.92. The van der Waals surface area contributed by atoms with Crippen molar-refractivity contribution in [3.8, 4) is 0 Å². The fraction of sp³-hybridized carbons (Fsp3) is 0.0526. The van der Waals surface area contributed by atoms with E-state index in [-0.39, 0.29) is 0 Å². The molecule has 2 aromatic carbocycles. The van der Waals surface area contributed by atoms with Gasteiger partial charge < -0.3 is 5.11 Å². The smallest absolute Gasteiger partial charge is 0.0974 e. The third kappa shape index (κ3) is 4.71. The van der Waals surface area contributed by atoms with Gasteiger partial charge in [-0.2, -0.15) is 0 Å². The van der Waals surface area contributed by atoms with Gasteiger partial charge in [-0.3, -0.25) is 0 Å². The molecular formula is C19H18O. The van der Waals surface area contributed by atoms with E-state index in [0.29, 0.717) is 0 Å². The summed E-state index contributed by atoms with van der Waals surface area (Å²) in [5.74, 6) is 0. The Balaban J connectivity index is 1.84. The Labute approximate surface area is 120 Å². The average molecular weight is 262 g/mol. The highest BCUT2D eigenvalue weighted by molar-refractivity contribution is 5.50. The first-order valence-electron chi connectivity index (χ1n) is 6.66. The first kappa shape index (κ1) is 14.0. The highest BCUT2D eigenvalue weighted by Gasteiger charge is 1.99. The molecule has 100 valence electrons. The summed E-state index contributed by atoms with van der Waals surface area (Å²) in [5, 5.41) is 9.92. The molecule has 1 unspecified atom stereocenters. The normalized spacial score (nSPS) is 13.4. The SMILES string of the molecule is OC(/C=C/C=C/C=C/c1ccccc1)c1ccccc1. The predicted octanol–water partition coefficient (Wildman–Crippen LogP) is 4.55. The number of rotatable bonds is 5. The van der Waals surface area contributed by atoms with Gasteiger partial charge in [0.2, 0.25) is 0 Å². The Morgan fingerprint density at radius 2 is 1.30 bits per heavy atom. The van der Waals surface area contributed by atoms with Gasteiger partial charge in [-0.1, -0.05) is 97.1 Å². The zero-order valence-corrected chi connectivity index (χ0v) is 11.3. The number of benzene rings is 2. The third-order valence-electron chi connectivity index (χ3n) is 2.86. The number of aliphatic hydroxyl groups is 1. The minimum absolute atomic E-state index is 0.557. The van der Waals surface area contributed by atoms with E-state index in [1.807, 2.05) is 78.9 Å². The molecule has 1 N–H and O–H groups in total. The molecule has 20 heavy (non-hydrogen) atoms. The van der Waals surface area contributed by atoms with E-state index in [9.17, 15) is 5.11 Å². The van der Waals surface area contributed by atoms with Crippen LogP contribution < -0.4 is 0 Å². The molecule has 0 aromatic heterocycles. The molecule has 1 atom stereocenters. The monoisotopic (exact) mass is 262 g/mol. The lowest BCUT2D eigenvalue weighted by Crippen LogP contribution is -1.91. The molecule has 0 spiro atoms. The van der Waals surface area contributed by atoms with Gasteiger partial charge >= 0.3 is 0 Å². The summed E-state index contributed by atoms with van der Waals surface area (Å²) >= 11 is 0. The summed E-state index contributed by atoms with van der Waals surface area (Å²) in [7, 11) is 0. The molecular weight excluding hydrogens is 244 g/mol. The van der Waals surface area contributed by atoms with Crippen LogP contribution in [0.25, 0.3) is 6.08 Å². The van der Waals surface area contributed by atoms with Crippen LogP contribution in [0.1, 0.15) is 17.2 Å². The van der Waals surface area contributed by atoms with Crippen LogP contribution in [-0.2, 0) is 0 Å². The Kier molecular flexibility index (Phi) is 5.56. The van der Waals surface area contributed by atoms with Gasteiger partial charge in [-0.25, -0.2) is 0 Å². The van der Waals surface area contributed by atoms with E-state index in [1.54, 1.807) is 6.08 Å². The van der Waals surface area contributed by atoms with Crippen molar-refractivity contribution in [2.45, 2.75) is 6.10 Å². The zero-order chi connectivity index (χ0) is 14.0. The summed E-state index contributed by atoms with van der Waals surface area (Å²) in [6, 6.07) is 19.7. The summed E-state index contributed by atoms with van der Waals surface area (Å²) in [6.45, 7) is 0. The number of hydrogen-bond acceptors (Lipinski definition) is 1. The molecule has 0 bridgehead atoms. The lowest BCUT2D eigenvalue weighted by molar-refractivity contribution is 0.228. The van der Waals surface area contributed by atoms with Crippen LogP contribution >= 0.6 is 0 Å². The van der Waals surface area contributed by atoms with E-state index < -0.39 is 6.10 Å². The molecule has 1 heteroatoms. The van der Waals surface area contributed by atoms with Crippen molar-refractivity contribution >= 4 is 6.08 Å². The molecule has 0 aliphatic heterocycles. The van der Waals surface area contributed by atoms with Gasteiger partial charge in [0.05, 0.1) is 6.10 Å². The molecule has 0 fully saturated rings. The Hall–Kier alpha value is -2.38. The topological polar surface area (TPSA) is 20.2 Å². The van der Waals surface area contributed by atoms with Crippen molar-refractivity contribution in [3.63, 3.8) is 0 Å². The average Bonchev–Trinajstić information content (AvgIpc) is 2.52. The molecule has 0 aliphatic rings. The van der Waals surface area contributed by atoms with Crippen molar-refractivity contribution in [1.82, 2.24) is 0 Å². The van der Waals surface area contributed by atoms with Gasteiger partial charge in [0.25, 0.3) is 0 Å². The van der Waals surface area contributed by atoms with Crippen LogP contribution in [0.15, 0.2) is 91.0 Å². The van der Waals surface area contributed by atoms with Crippen molar-refractivity contribution in [3.05, 3.63) is 102 Å². The van der Waals surface area contributed by atoms with E-state index in [4.69, 9.17) is 0 Å². The summed E-state index contributed by atoms with van der Waals surface area (Å²) in [6.07, 6.45) is 10.9. The van der Waals surface area contributed by atoms with Crippen molar-refractivity contribution in [2.75, 3.05) is 0 Å². The largest absolute Gasteiger partial charge is 0.384 e. The summed E-state index contributed by atoms with van der Waals surface area (Å²) in [5.41, 5.74) is 2.07. The van der Waals surface area contributed by atoms with Gasteiger partial charge in [0.15, 0.2) is 0 Å². The summed E-state index contributed by atoms with van der Waals surface area (Å²) < 4.78 is 0. The fourth-order valence-corrected chi connectivity index (χ4v) is 1.79. The van der Waals surface area contributed by atoms with Crippen LogP contribution in [0.5, 0.6) is 0 Å². The van der Waals surface area contributed by atoms with Gasteiger partial charge in [-0.15, -0.1) is 0 Å². The molecule has 2 aromatic rings.